The van der Waals surface area contributed by atoms with Gasteiger partial charge in [0.25, 0.3) is 0 Å². The Bertz CT molecular complexity index is 490. The zero-order chi connectivity index (χ0) is 12.8. The van der Waals surface area contributed by atoms with E-state index < -0.39 is 0 Å². The van der Waals surface area contributed by atoms with Gasteiger partial charge in [-0.1, -0.05) is 49.4 Å². The Hall–Kier alpha value is -1.38. The topological polar surface area (TPSA) is 21.3 Å². The fourth-order valence-electron chi connectivity index (χ4n) is 2.22. The van der Waals surface area contributed by atoms with Crippen LogP contribution in [0.25, 0.3) is 10.8 Å². The molecule has 18 heavy (non-hydrogen) atoms. The Morgan fingerprint density at radius 3 is 2.67 bits per heavy atom. The van der Waals surface area contributed by atoms with Gasteiger partial charge in [-0.15, -0.1) is 0 Å². The predicted octanol–water partition coefficient (Wildman–Crippen LogP) is 3.35. The quantitative estimate of drug-likeness (QED) is 0.840. The van der Waals surface area contributed by atoms with Crippen molar-refractivity contribution >= 4 is 10.8 Å². The van der Waals surface area contributed by atoms with Crippen molar-refractivity contribution in [1.82, 2.24) is 5.32 Å². The van der Waals surface area contributed by atoms with Gasteiger partial charge >= 0.3 is 0 Å². The fourth-order valence-corrected chi connectivity index (χ4v) is 2.22. The average molecular weight is 243 g/mol. The van der Waals surface area contributed by atoms with E-state index in [0.717, 1.165) is 19.6 Å². The van der Waals surface area contributed by atoms with Crippen molar-refractivity contribution in [2.24, 2.45) is 0 Å². The highest BCUT2D eigenvalue weighted by Crippen LogP contribution is 2.18. The van der Waals surface area contributed by atoms with Gasteiger partial charge < -0.3 is 10.1 Å². The first kappa shape index (κ1) is 13.1. The molecule has 1 atom stereocenters. The first-order chi connectivity index (χ1) is 8.85. The van der Waals surface area contributed by atoms with Crippen LogP contribution in [0, 0.1) is 0 Å². The molecule has 0 spiro atoms. The van der Waals surface area contributed by atoms with Gasteiger partial charge in [0.2, 0.25) is 0 Å². The largest absolute Gasteiger partial charge is 0.383 e. The van der Waals surface area contributed by atoms with Gasteiger partial charge in [0, 0.05) is 19.7 Å². The third-order valence-electron chi connectivity index (χ3n) is 3.32. The number of methoxy groups -OCH3 is 1. The number of hydrogen-bond donors (Lipinski definition) is 1. The standard InChI is InChI=1S/C16H21NO/c1-3-15(12-18-2)17-11-14-9-6-8-13-7-4-5-10-16(13)14/h4-10,15,17H,3,11-12H2,1-2H3. The van der Waals surface area contributed by atoms with Crippen LogP contribution in [0.1, 0.15) is 18.9 Å². The Morgan fingerprint density at radius 1 is 1.11 bits per heavy atom. The Labute approximate surface area is 109 Å². The molecular weight excluding hydrogens is 222 g/mol. The van der Waals surface area contributed by atoms with E-state index in [1.54, 1.807) is 7.11 Å². The number of rotatable bonds is 6. The van der Waals surface area contributed by atoms with Gasteiger partial charge in [0.05, 0.1) is 6.61 Å². The zero-order valence-corrected chi connectivity index (χ0v) is 11.1. The van der Waals surface area contributed by atoms with Gasteiger partial charge in [0.15, 0.2) is 0 Å². The van der Waals surface area contributed by atoms with E-state index >= 15 is 0 Å². The van der Waals surface area contributed by atoms with E-state index in [-0.39, 0.29) is 0 Å². The molecule has 0 aliphatic heterocycles. The lowest BCUT2D eigenvalue weighted by Gasteiger charge is -2.16. The molecule has 2 aromatic rings. The van der Waals surface area contributed by atoms with Gasteiger partial charge in [-0.2, -0.15) is 0 Å². The molecule has 0 radical (unpaired) electrons. The maximum absolute atomic E-state index is 5.21. The minimum atomic E-state index is 0.425. The fraction of sp³-hybridized carbons (Fsp3) is 0.375. The van der Waals surface area contributed by atoms with Crippen LogP contribution >= 0.6 is 0 Å². The summed E-state index contributed by atoms with van der Waals surface area (Å²) in [5, 5.41) is 6.19. The maximum Gasteiger partial charge on any atom is 0.0615 e. The summed E-state index contributed by atoms with van der Waals surface area (Å²) in [6.45, 7) is 3.84. The molecule has 0 bridgehead atoms. The van der Waals surface area contributed by atoms with E-state index in [1.807, 2.05) is 0 Å². The van der Waals surface area contributed by atoms with Crippen molar-refractivity contribution in [2.75, 3.05) is 13.7 Å². The van der Waals surface area contributed by atoms with Crippen molar-refractivity contribution in [3.05, 3.63) is 48.0 Å². The molecule has 96 valence electrons. The molecule has 1 N–H and O–H groups in total. The molecule has 0 saturated carbocycles. The highest BCUT2D eigenvalue weighted by Gasteiger charge is 2.06. The minimum Gasteiger partial charge on any atom is -0.383 e. The smallest absolute Gasteiger partial charge is 0.0615 e. The van der Waals surface area contributed by atoms with Crippen LogP contribution in [0.3, 0.4) is 0 Å². The van der Waals surface area contributed by atoms with Crippen molar-refractivity contribution in [3.8, 4) is 0 Å². The Kier molecular flexibility index (Phi) is 4.73. The first-order valence-corrected chi connectivity index (χ1v) is 6.54. The molecule has 2 nitrogen and oxygen atoms in total. The summed E-state index contributed by atoms with van der Waals surface area (Å²) >= 11 is 0. The summed E-state index contributed by atoms with van der Waals surface area (Å²) in [5.74, 6) is 0. The van der Waals surface area contributed by atoms with Crippen molar-refractivity contribution in [3.63, 3.8) is 0 Å². The number of hydrogen-bond acceptors (Lipinski definition) is 2. The zero-order valence-electron chi connectivity index (χ0n) is 11.1. The van der Waals surface area contributed by atoms with Gasteiger partial charge in [-0.3, -0.25) is 0 Å². The molecule has 0 aliphatic carbocycles. The van der Waals surface area contributed by atoms with Crippen molar-refractivity contribution in [1.29, 1.82) is 0 Å². The molecule has 0 fully saturated rings. The van der Waals surface area contributed by atoms with Crippen molar-refractivity contribution in [2.45, 2.75) is 25.9 Å². The second-order valence-electron chi connectivity index (χ2n) is 4.58. The molecule has 0 amide bonds. The monoisotopic (exact) mass is 243 g/mol. The molecule has 1 unspecified atom stereocenters. The minimum absolute atomic E-state index is 0.425. The summed E-state index contributed by atoms with van der Waals surface area (Å²) in [6.07, 6.45) is 1.08. The molecule has 0 aliphatic rings. The van der Waals surface area contributed by atoms with E-state index in [4.69, 9.17) is 4.74 Å². The van der Waals surface area contributed by atoms with Gasteiger partial charge in [-0.05, 0) is 22.8 Å². The molecule has 2 aromatic carbocycles. The normalized spacial score (nSPS) is 12.8. The summed E-state index contributed by atoms with van der Waals surface area (Å²) in [6, 6.07) is 15.4. The average Bonchev–Trinajstić information content (AvgIpc) is 2.43. The van der Waals surface area contributed by atoms with Crippen LogP contribution in [0.5, 0.6) is 0 Å². The summed E-state index contributed by atoms with van der Waals surface area (Å²) in [4.78, 5) is 0. The number of nitrogens with one attached hydrogen (secondary N) is 1. The van der Waals surface area contributed by atoms with Crippen LogP contribution < -0.4 is 5.32 Å². The van der Waals surface area contributed by atoms with Gasteiger partial charge in [0.1, 0.15) is 0 Å². The Morgan fingerprint density at radius 2 is 1.89 bits per heavy atom. The van der Waals surface area contributed by atoms with E-state index in [9.17, 15) is 0 Å². The van der Waals surface area contributed by atoms with Crippen LogP contribution in [-0.2, 0) is 11.3 Å². The summed E-state index contributed by atoms with van der Waals surface area (Å²) in [5.41, 5.74) is 1.35. The molecule has 2 rings (SSSR count). The van der Waals surface area contributed by atoms with E-state index in [1.165, 1.54) is 16.3 Å². The van der Waals surface area contributed by atoms with E-state index in [2.05, 4.69) is 54.7 Å². The van der Waals surface area contributed by atoms with Crippen LogP contribution in [0.15, 0.2) is 42.5 Å². The Balaban J connectivity index is 2.11. The van der Waals surface area contributed by atoms with Crippen LogP contribution in [0.4, 0.5) is 0 Å². The summed E-state index contributed by atoms with van der Waals surface area (Å²) < 4.78 is 5.21. The third kappa shape index (κ3) is 3.09. The molecule has 2 heteroatoms. The molecular formula is C16H21NO. The van der Waals surface area contributed by atoms with Crippen LogP contribution in [-0.4, -0.2) is 19.8 Å². The SMILES string of the molecule is CCC(COC)NCc1cccc2ccccc12. The molecule has 0 heterocycles. The molecule has 0 saturated heterocycles. The van der Waals surface area contributed by atoms with Gasteiger partial charge in [-0.25, -0.2) is 0 Å². The van der Waals surface area contributed by atoms with Crippen LogP contribution in [0.2, 0.25) is 0 Å². The predicted molar refractivity (Wildman–Crippen MR) is 76.7 cm³/mol. The highest BCUT2D eigenvalue weighted by atomic mass is 16.5. The second kappa shape index (κ2) is 6.53. The highest BCUT2D eigenvalue weighted by molar-refractivity contribution is 5.85. The third-order valence-corrected chi connectivity index (χ3v) is 3.32. The first-order valence-electron chi connectivity index (χ1n) is 6.54. The lowest BCUT2D eigenvalue weighted by Crippen LogP contribution is -2.32. The number of fused-ring (bicyclic) bond motifs is 1. The second-order valence-corrected chi connectivity index (χ2v) is 4.58. The maximum atomic E-state index is 5.21. The number of ether oxygens (including phenoxy) is 1. The lowest BCUT2D eigenvalue weighted by atomic mass is 10.0. The summed E-state index contributed by atoms with van der Waals surface area (Å²) in [7, 11) is 1.75. The molecule has 0 aromatic heterocycles. The van der Waals surface area contributed by atoms with E-state index in [0.29, 0.717) is 6.04 Å². The lowest BCUT2D eigenvalue weighted by molar-refractivity contribution is 0.164. The van der Waals surface area contributed by atoms with Crippen molar-refractivity contribution < 1.29 is 4.74 Å². The number of benzene rings is 2.